The lowest BCUT2D eigenvalue weighted by Crippen LogP contribution is -2.42. The predicted molar refractivity (Wildman–Crippen MR) is 180 cm³/mol. The summed E-state index contributed by atoms with van der Waals surface area (Å²) >= 11 is 1.99. The lowest BCUT2D eigenvalue weighted by atomic mass is 9.93. The second-order valence-corrected chi connectivity index (χ2v) is 13.5. The molecular formula is C33H42FIN6O4. The predicted octanol–water partition coefficient (Wildman–Crippen LogP) is 7.01. The van der Waals surface area contributed by atoms with Gasteiger partial charge in [0, 0.05) is 29.7 Å². The summed E-state index contributed by atoms with van der Waals surface area (Å²) in [5.41, 5.74) is 0.447. The third kappa shape index (κ3) is 10.5. The zero-order valence-electron chi connectivity index (χ0n) is 26.6. The molecule has 1 aliphatic rings. The molecule has 2 amide bonds. The van der Waals surface area contributed by atoms with E-state index in [-0.39, 0.29) is 17.6 Å². The Morgan fingerprint density at radius 1 is 1.11 bits per heavy atom. The molecular weight excluding hydrogens is 690 g/mol. The summed E-state index contributed by atoms with van der Waals surface area (Å²) in [7, 11) is 1.63. The first kappa shape index (κ1) is 34.3. The largest absolute Gasteiger partial charge is 0.497 e. The van der Waals surface area contributed by atoms with Crippen molar-refractivity contribution in [2.75, 3.05) is 37.0 Å². The van der Waals surface area contributed by atoms with Crippen molar-refractivity contribution < 1.29 is 23.5 Å². The smallest absolute Gasteiger partial charge is 0.410 e. The van der Waals surface area contributed by atoms with E-state index in [1.54, 1.807) is 20.1 Å². The fraction of sp³-hybridized carbons (Fsp3) is 0.485. The second kappa shape index (κ2) is 15.6. The van der Waals surface area contributed by atoms with Crippen LogP contribution in [0, 0.1) is 22.2 Å². The highest BCUT2D eigenvalue weighted by Gasteiger charge is 2.27. The highest BCUT2D eigenvalue weighted by atomic mass is 127. The van der Waals surface area contributed by atoms with E-state index in [1.165, 1.54) is 12.1 Å². The highest BCUT2D eigenvalue weighted by molar-refractivity contribution is 14.1. The Labute approximate surface area is 278 Å². The molecule has 1 unspecified atom stereocenters. The minimum absolute atomic E-state index is 0.0598. The van der Waals surface area contributed by atoms with Crippen molar-refractivity contribution in [2.45, 2.75) is 71.9 Å². The third-order valence-corrected chi connectivity index (χ3v) is 8.08. The van der Waals surface area contributed by atoms with Gasteiger partial charge in [0.2, 0.25) is 11.9 Å². The van der Waals surface area contributed by atoms with Crippen LogP contribution in [0.4, 0.5) is 21.1 Å². The Morgan fingerprint density at radius 2 is 1.87 bits per heavy atom. The van der Waals surface area contributed by atoms with Crippen LogP contribution in [-0.2, 0) is 11.3 Å². The van der Waals surface area contributed by atoms with E-state index in [4.69, 9.17) is 9.47 Å². The number of unbranched alkanes of at least 4 members (excludes halogenated alkanes) is 1. The first-order chi connectivity index (χ1) is 21.4. The maximum absolute atomic E-state index is 14.5. The molecule has 1 aliphatic heterocycles. The van der Waals surface area contributed by atoms with Crippen molar-refractivity contribution in [3.63, 3.8) is 0 Å². The number of hydrogen-bond acceptors (Lipinski definition) is 8. The number of rotatable bonds is 11. The van der Waals surface area contributed by atoms with Crippen LogP contribution in [0.3, 0.4) is 0 Å². The lowest BCUT2D eigenvalue weighted by molar-refractivity contribution is 0.0160. The van der Waals surface area contributed by atoms with Crippen molar-refractivity contribution in [1.29, 1.82) is 0 Å². The molecule has 10 nitrogen and oxygen atoms in total. The van der Waals surface area contributed by atoms with E-state index in [0.717, 1.165) is 50.0 Å². The summed E-state index contributed by atoms with van der Waals surface area (Å²) in [5.74, 6) is 0.859. The van der Waals surface area contributed by atoms with Gasteiger partial charge < -0.3 is 19.3 Å². The van der Waals surface area contributed by atoms with Crippen LogP contribution in [0.5, 0.6) is 5.75 Å². The molecule has 0 spiro atoms. The summed E-state index contributed by atoms with van der Waals surface area (Å²) < 4.78 is 26.1. The second-order valence-electron chi connectivity index (χ2n) is 12.3. The maximum atomic E-state index is 14.5. The lowest BCUT2D eigenvalue weighted by Gasteiger charge is -2.34. The standard InChI is InChI=1S/C33H42FIN6O4/c1-22-36-30(38-29(42)27-16-13-25(35)19-28(27)34)39-31(37-22)40(20-24-11-14-26(44-5)15-12-24)17-7-6-9-23-10-8-18-41(21-23)32(43)45-33(2,3)4/h11-16,19,23H,6-10,17-18,20-21H2,1-5H3,(H,36,37,38,39,42). The van der Waals surface area contributed by atoms with Crippen molar-refractivity contribution in [2.24, 2.45) is 5.92 Å². The van der Waals surface area contributed by atoms with Gasteiger partial charge in [0.25, 0.3) is 5.91 Å². The Balaban J connectivity index is 1.44. The number of likely N-dealkylation sites (tertiary alicyclic amines) is 1. The van der Waals surface area contributed by atoms with Crippen molar-refractivity contribution in [3.05, 3.63) is 68.8 Å². The summed E-state index contributed by atoms with van der Waals surface area (Å²) in [5, 5.41) is 2.64. The normalized spacial score (nSPS) is 15.0. The minimum atomic E-state index is -0.630. The summed E-state index contributed by atoms with van der Waals surface area (Å²) in [6, 6.07) is 12.2. The first-order valence-corrected chi connectivity index (χ1v) is 16.3. The average Bonchev–Trinajstić information content (AvgIpc) is 2.98. The number of amides is 2. The average molecular weight is 733 g/mol. The van der Waals surface area contributed by atoms with Crippen LogP contribution in [0.15, 0.2) is 42.5 Å². The van der Waals surface area contributed by atoms with Crippen molar-refractivity contribution in [3.8, 4) is 5.75 Å². The fourth-order valence-electron chi connectivity index (χ4n) is 5.24. The molecule has 0 aliphatic carbocycles. The van der Waals surface area contributed by atoms with Gasteiger partial charge in [-0.3, -0.25) is 10.1 Å². The first-order valence-electron chi connectivity index (χ1n) is 15.2. The Bertz CT molecular complexity index is 1470. The number of aromatic nitrogens is 3. The van der Waals surface area contributed by atoms with Gasteiger partial charge in [-0.1, -0.05) is 18.6 Å². The summed E-state index contributed by atoms with van der Waals surface area (Å²) in [4.78, 5) is 42.8. The Kier molecular flexibility index (Phi) is 11.9. The quantitative estimate of drug-likeness (QED) is 0.166. The molecule has 12 heteroatoms. The molecule has 0 radical (unpaired) electrons. The topological polar surface area (TPSA) is 110 Å². The number of methoxy groups -OCH3 is 1. The number of piperidine rings is 1. The number of ether oxygens (including phenoxy) is 2. The van der Waals surface area contributed by atoms with Crippen LogP contribution in [0.1, 0.15) is 74.6 Å². The van der Waals surface area contributed by atoms with E-state index in [2.05, 4.69) is 25.2 Å². The number of halogens is 2. The van der Waals surface area contributed by atoms with Crippen LogP contribution in [-0.4, -0.2) is 64.2 Å². The number of aryl methyl sites for hydroxylation is 1. The molecule has 242 valence electrons. The Hall–Kier alpha value is -3.55. The minimum Gasteiger partial charge on any atom is -0.497 e. The molecule has 2 heterocycles. The van der Waals surface area contributed by atoms with Gasteiger partial charge in [-0.15, -0.1) is 0 Å². The van der Waals surface area contributed by atoms with E-state index >= 15 is 0 Å². The van der Waals surface area contributed by atoms with Gasteiger partial charge in [0.1, 0.15) is 23.0 Å². The fourth-order valence-corrected chi connectivity index (χ4v) is 5.69. The van der Waals surface area contributed by atoms with Crippen molar-refractivity contribution >= 4 is 46.5 Å². The van der Waals surface area contributed by atoms with Gasteiger partial charge in [0.05, 0.1) is 12.7 Å². The van der Waals surface area contributed by atoms with Gasteiger partial charge in [-0.2, -0.15) is 15.0 Å². The molecule has 4 rings (SSSR count). The molecule has 0 bridgehead atoms. The number of benzene rings is 2. The molecule has 45 heavy (non-hydrogen) atoms. The summed E-state index contributed by atoms with van der Waals surface area (Å²) in [6.45, 7) is 10.0. The van der Waals surface area contributed by atoms with Gasteiger partial charge in [-0.25, -0.2) is 9.18 Å². The SMILES string of the molecule is COc1ccc(CN(CCCCC2CCCN(C(=O)OC(C)(C)C)C2)c2nc(C)nc(NC(=O)c3ccc(I)cc3F)n2)cc1. The molecule has 0 saturated carbocycles. The maximum Gasteiger partial charge on any atom is 0.410 e. The van der Waals surface area contributed by atoms with Crippen molar-refractivity contribution in [1.82, 2.24) is 19.9 Å². The monoisotopic (exact) mass is 732 g/mol. The van der Waals surface area contributed by atoms with E-state index in [1.807, 2.05) is 72.5 Å². The zero-order valence-corrected chi connectivity index (χ0v) is 28.8. The van der Waals surface area contributed by atoms with E-state index in [9.17, 15) is 14.0 Å². The number of anilines is 2. The third-order valence-electron chi connectivity index (χ3n) is 7.41. The molecule has 2 aromatic carbocycles. The van der Waals surface area contributed by atoms with E-state index < -0.39 is 17.3 Å². The molecule has 1 N–H and O–H groups in total. The van der Waals surface area contributed by atoms with Crippen LogP contribution >= 0.6 is 22.6 Å². The van der Waals surface area contributed by atoms with Crippen LogP contribution in [0.25, 0.3) is 0 Å². The van der Waals surface area contributed by atoms with Crippen LogP contribution < -0.4 is 15.0 Å². The molecule has 1 saturated heterocycles. The number of carbonyl (C=O) groups excluding carboxylic acids is 2. The van der Waals surface area contributed by atoms with E-state index in [0.29, 0.717) is 40.9 Å². The summed E-state index contributed by atoms with van der Waals surface area (Å²) in [6.07, 6.45) is 4.65. The van der Waals surface area contributed by atoms with Gasteiger partial charge in [0.15, 0.2) is 0 Å². The Morgan fingerprint density at radius 3 is 2.56 bits per heavy atom. The zero-order chi connectivity index (χ0) is 32.6. The molecule has 1 aromatic heterocycles. The number of nitrogens with one attached hydrogen (secondary N) is 1. The van der Waals surface area contributed by atoms with Gasteiger partial charge in [-0.05, 0) is 118 Å². The van der Waals surface area contributed by atoms with Gasteiger partial charge >= 0.3 is 6.09 Å². The van der Waals surface area contributed by atoms with Crippen LogP contribution in [0.2, 0.25) is 0 Å². The molecule has 1 atom stereocenters. The molecule has 3 aromatic rings. The number of carbonyl (C=O) groups is 2. The molecule has 1 fully saturated rings. The number of nitrogens with zero attached hydrogens (tertiary/aromatic N) is 5. The highest BCUT2D eigenvalue weighted by Crippen LogP contribution is 2.25. The number of hydrogen-bond donors (Lipinski definition) is 1.